The molecule has 3 aromatic carbocycles. The lowest BCUT2D eigenvalue weighted by Crippen LogP contribution is -2.28. The molecule has 0 radical (unpaired) electrons. The highest BCUT2D eigenvalue weighted by Crippen LogP contribution is 2.18. The van der Waals surface area contributed by atoms with Crippen LogP contribution in [-0.2, 0) is 17.8 Å². The summed E-state index contributed by atoms with van der Waals surface area (Å²) in [7, 11) is 1.61. The van der Waals surface area contributed by atoms with Crippen molar-refractivity contribution in [1.82, 2.24) is 5.32 Å². The molecule has 3 aromatic rings. The summed E-state index contributed by atoms with van der Waals surface area (Å²) in [4.78, 5) is 24.5. The van der Waals surface area contributed by atoms with Gasteiger partial charge >= 0.3 is 0 Å². The Hall–Kier alpha value is -3.80. The summed E-state index contributed by atoms with van der Waals surface area (Å²) in [5.74, 6) is 0.869. The molecule has 0 saturated carbocycles. The van der Waals surface area contributed by atoms with Crippen molar-refractivity contribution in [1.29, 1.82) is 0 Å². The van der Waals surface area contributed by atoms with E-state index in [1.807, 2.05) is 55.5 Å². The first-order valence-electron chi connectivity index (χ1n) is 10.1. The molecule has 31 heavy (non-hydrogen) atoms. The SMILES string of the molecule is CCc1ccccc1NC(=O)c1ccc(OCC(=O)NCc2ccc(OC)cc2)cc1. The van der Waals surface area contributed by atoms with Gasteiger partial charge in [0, 0.05) is 17.8 Å². The van der Waals surface area contributed by atoms with Crippen LogP contribution < -0.4 is 20.1 Å². The van der Waals surface area contributed by atoms with E-state index in [9.17, 15) is 9.59 Å². The number of carbonyl (C=O) groups is 2. The molecule has 0 aromatic heterocycles. The molecule has 0 fully saturated rings. The third-order valence-electron chi connectivity index (χ3n) is 4.78. The van der Waals surface area contributed by atoms with Crippen LogP contribution in [0.2, 0.25) is 0 Å². The average Bonchev–Trinajstić information content (AvgIpc) is 2.82. The van der Waals surface area contributed by atoms with Crippen LogP contribution in [0.25, 0.3) is 0 Å². The maximum absolute atomic E-state index is 12.5. The van der Waals surface area contributed by atoms with Gasteiger partial charge in [-0.15, -0.1) is 0 Å². The highest BCUT2D eigenvalue weighted by atomic mass is 16.5. The van der Waals surface area contributed by atoms with E-state index in [2.05, 4.69) is 10.6 Å². The number of anilines is 1. The van der Waals surface area contributed by atoms with Crippen LogP contribution in [-0.4, -0.2) is 25.5 Å². The number of rotatable bonds is 9. The number of carbonyl (C=O) groups excluding carboxylic acids is 2. The van der Waals surface area contributed by atoms with Gasteiger partial charge in [0.15, 0.2) is 6.61 Å². The Balaban J connectivity index is 1.47. The number of para-hydroxylation sites is 1. The Labute approximate surface area is 182 Å². The van der Waals surface area contributed by atoms with Crippen LogP contribution in [0.15, 0.2) is 72.8 Å². The highest BCUT2D eigenvalue weighted by molar-refractivity contribution is 6.04. The van der Waals surface area contributed by atoms with Crippen LogP contribution in [0.4, 0.5) is 5.69 Å². The normalized spacial score (nSPS) is 10.3. The van der Waals surface area contributed by atoms with Crippen LogP contribution in [0, 0.1) is 0 Å². The standard InChI is InChI=1S/C25H26N2O4/c1-3-19-6-4-5-7-23(19)27-25(29)20-10-14-22(15-11-20)31-17-24(28)26-16-18-8-12-21(30-2)13-9-18/h4-15H,3,16-17H2,1-2H3,(H,26,28)(H,27,29). The molecule has 2 amide bonds. The topological polar surface area (TPSA) is 76.7 Å². The zero-order valence-electron chi connectivity index (χ0n) is 17.7. The summed E-state index contributed by atoms with van der Waals surface area (Å²) >= 11 is 0. The summed E-state index contributed by atoms with van der Waals surface area (Å²) in [5.41, 5.74) is 3.37. The molecule has 0 spiro atoms. The smallest absolute Gasteiger partial charge is 0.258 e. The molecule has 160 valence electrons. The van der Waals surface area contributed by atoms with Crippen molar-refractivity contribution in [3.05, 3.63) is 89.5 Å². The molecule has 0 aliphatic heterocycles. The first-order valence-corrected chi connectivity index (χ1v) is 10.1. The molecule has 0 aliphatic rings. The van der Waals surface area contributed by atoms with Crippen molar-refractivity contribution in [2.45, 2.75) is 19.9 Å². The van der Waals surface area contributed by atoms with E-state index >= 15 is 0 Å². The number of ether oxygens (including phenoxy) is 2. The number of hydrogen-bond acceptors (Lipinski definition) is 4. The number of amides is 2. The average molecular weight is 418 g/mol. The van der Waals surface area contributed by atoms with E-state index in [4.69, 9.17) is 9.47 Å². The third-order valence-corrected chi connectivity index (χ3v) is 4.78. The van der Waals surface area contributed by atoms with E-state index in [-0.39, 0.29) is 18.4 Å². The lowest BCUT2D eigenvalue weighted by molar-refractivity contribution is -0.123. The van der Waals surface area contributed by atoms with E-state index in [1.54, 1.807) is 31.4 Å². The Morgan fingerprint density at radius 1 is 0.871 bits per heavy atom. The molecule has 0 atom stereocenters. The molecule has 6 heteroatoms. The van der Waals surface area contributed by atoms with Gasteiger partial charge in [0.1, 0.15) is 11.5 Å². The predicted octanol–water partition coefficient (Wildman–Crippen LogP) is 4.21. The lowest BCUT2D eigenvalue weighted by atomic mass is 10.1. The van der Waals surface area contributed by atoms with Gasteiger partial charge in [-0.05, 0) is 60.0 Å². The van der Waals surface area contributed by atoms with Crippen molar-refractivity contribution in [2.75, 3.05) is 19.0 Å². The minimum atomic E-state index is -0.228. The van der Waals surface area contributed by atoms with Gasteiger partial charge in [-0.3, -0.25) is 9.59 Å². The zero-order chi connectivity index (χ0) is 22.1. The summed E-state index contributed by atoms with van der Waals surface area (Å²) in [6.45, 7) is 2.35. The number of hydrogen-bond donors (Lipinski definition) is 2. The minimum Gasteiger partial charge on any atom is -0.497 e. The quantitative estimate of drug-likeness (QED) is 0.546. The van der Waals surface area contributed by atoms with Crippen molar-refractivity contribution < 1.29 is 19.1 Å². The molecular formula is C25H26N2O4. The molecule has 0 aliphatic carbocycles. The van der Waals surface area contributed by atoms with Gasteiger partial charge in [0.05, 0.1) is 7.11 Å². The molecule has 0 heterocycles. The lowest BCUT2D eigenvalue weighted by Gasteiger charge is -2.11. The molecule has 0 saturated heterocycles. The van der Waals surface area contributed by atoms with Crippen molar-refractivity contribution in [2.24, 2.45) is 0 Å². The van der Waals surface area contributed by atoms with Gasteiger partial charge < -0.3 is 20.1 Å². The number of aryl methyl sites for hydroxylation is 1. The second-order valence-corrected chi connectivity index (χ2v) is 6.90. The molecule has 6 nitrogen and oxygen atoms in total. The fourth-order valence-corrected chi connectivity index (χ4v) is 2.99. The Bertz CT molecular complexity index is 1010. The predicted molar refractivity (Wildman–Crippen MR) is 121 cm³/mol. The minimum absolute atomic E-state index is 0.106. The zero-order valence-corrected chi connectivity index (χ0v) is 17.7. The monoisotopic (exact) mass is 418 g/mol. The second-order valence-electron chi connectivity index (χ2n) is 6.90. The first kappa shape index (κ1) is 21.9. The van der Waals surface area contributed by atoms with Crippen LogP contribution in [0.5, 0.6) is 11.5 Å². The van der Waals surface area contributed by atoms with E-state index < -0.39 is 0 Å². The van der Waals surface area contributed by atoms with Gasteiger partial charge in [-0.25, -0.2) is 0 Å². The summed E-state index contributed by atoms with van der Waals surface area (Å²) in [6.07, 6.45) is 0.837. The van der Waals surface area contributed by atoms with Crippen molar-refractivity contribution in [3.63, 3.8) is 0 Å². The van der Waals surface area contributed by atoms with E-state index in [0.717, 1.165) is 29.0 Å². The summed E-state index contributed by atoms with van der Waals surface area (Å²) in [6, 6.07) is 21.9. The number of methoxy groups -OCH3 is 1. The van der Waals surface area contributed by atoms with Crippen LogP contribution in [0.3, 0.4) is 0 Å². The van der Waals surface area contributed by atoms with Gasteiger partial charge in [-0.2, -0.15) is 0 Å². The Kier molecular flexibility index (Phi) is 7.65. The molecule has 2 N–H and O–H groups in total. The van der Waals surface area contributed by atoms with Gasteiger partial charge in [-0.1, -0.05) is 37.3 Å². The molecular weight excluding hydrogens is 392 g/mol. The largest absolute Gasteiger partial charge is 0.497 e. The van der Waals surface area contributed by atoms with Gasteiger partial charge in [0.25, 0.3) is 11.8 Å². The maximum atomic E-state index is 12.5. The number of nitrogens with one attached hydrogen (secondary N) is 2. The molecule has 0 unspecified atom stereocenters. The third kappa shape index (κ3) is 6.34. The van der Waals surface area contributed by atoms with E-state index in [1.165, 1.54) is 0 Å². The highest BCUT2D eigenvalue weighted by Gasteiger charge is 2.09. The van der Waals surface area contributed by atoms with Crippen molar-refractivity contribution >= 4 is 17.5 Å². The Morgan fingerprint density at radius 3 is 2.23 bits per heavy atom. The van der Waals surface area contributed by atoms with E-state index in [0.29, 0.717) is 17.9 Å². The van der Waals surface area contributed by atoms with Crippen molar-refractivity contribution in [3.8, 4) is 11.5 Å². The fraction of sp³-hybridized carbons (Fsp3) is 0.200. The van der Waals surface area contributed by atoms with Crippen LogP contribution >= 0.6 is 0 Å². The second kappa shape index (κ2) is 10.8. The fourth-order valence-electron chi connectivity index (χ4n) is 2.99. The maximum Gasteiger partial charge on any atom is 0.258 e. The molecule has 0 bridgehead atoms. The Morgan fingerprint density at radius 2 is 1.55 bits per heavy atom. The summed E-state index contributed by atoms with van der Waals surface area (Å²) < 4.78 is 10.6. The first-order chi connectivity index (χ1) is 15.1. The number of benzene rings is 3. The van der Waals surface area contributed by atoms with Crippen LogP contribution in [0.1, 0.15) is 28.4 Å². The van der Waals surface area contributed by atoms with Gasteiger partial charge in [0.2, 0.25) is 0 Å². The molecule has 3 rings (SSSR count). The summed E-state index contributed by atoms with van der Waals surface area (Å²) in [5, 5.41) is 5.74.